The number of rotatable bonds is 10. The SMILES string of the molecule is CO[Si](CCCC(O)COC(=O)c1ccc(O)cc1)(OC)c1ccccc1. The molecular weight excluding hydrogens is 364 g/mol. The quantitative estimate of drug-likeness (QED) is 0.478. The van der Waals surface area contributed by atoms with Gasteiger partial charge in [-0.2, -0.15) is 0 Å². The number of ether oxygens (including phenoxy) is 1. The summed E-state index contributed by atoms with van der Waals surface area (Å²) in [7, 11) is 0.771. The Morgan fingerprint density at radius 3 is 2.26 bits per heavy atom. The predicted molar refractivity (Wildman–Crippen MR) is 104 cm³/mol. The lowest BCUT2D eigenvalue weighted by Gasteiger charge is -2.28. The van der Waals surface area contributed by atoms with Crippen molar-refractivity contribution in [1.29, 1.82) is 0 Å². The molecule has 7 heteroatoms. The van der Waals surface area contributed by atoms with E-state index in [-0.39, 0.29) is 12.4 Å². The van der Waals surface area contributed by atoms with Gasteiger partial charge in [0.05, 0.1) is 11.7 Å². The molecule has 0 aliphatic heterocycles. The van der Waals surface area contributed by atoms with Gasteiger partial charge in [-0.05, 0) is 48.3 Å². The molecule has 1 atom stereocenters. The van der Waals surface area contributed by atoms with Gasteiger partial charge in [0.1, 0.15) is 12.4 Å². The van der Waals surface area contributed by atoms with Crippen molar-refractivity contribution in [2.24, 2.45) is 0 Å². The number of phenolic OH excluding ortho intramolecular Hbond substituents is 1. The Labute approximate surface area is 160 Å². The lowest BCUT2D eigenvalue weighted by molar-refractivity contribution is 0.0235. The van der Waals surface area contributed by atoms with E-state index in [1.165, 1.54) is 24.3 Å². The van der Waals surface area contributed by atoms with Gasteiger partial charge in [-0.3, -0.25) is 0 Å². The van der Waals surface area contributed by atoms with Crippen LogP contribution in [0.1, 0.15) is 23.2 Å². The van der Waals surface area contributed by atoms with E-state index < -0.39 is 20.6 Å². The predicted octanol–water partition coefficient (Wildman–Crippen LogP) is 2.33. The molecule has 6 nitrogen and oxygen atoms in total. The summed E-state index contributed by atoms with van der Waals surface area (Å²) >= 11 is 0. The first-order valence-corrected chi connectivity index (χ1v) is 10.8. The molecule has 0 amide bonds. The molecule has 0 spiro atoms. The zero-order valence-electron chi connectivity index (χ0n) is 15.6. The Kier molecular flexibility index (Phi) is 7.99. The lowest BCUT2D eigenvalue weighted by Crippen LogP contribution is -2.52. The third kappa shape index (κ3) is 5.90. The minimum absolute atomic E-state index is 0.0777. The van der Waals surface area contributed by atoms with E-state index in [0.29, 0.717) is 24.4 Å². The molecule has 2 aromatic rings. The Morgan fingerprint density at radius 1 is 1.04 bits per heavy atom. The van der Waals surface area contributed by atoms with Crippen LogP contribution in [0.5, 0.6) is 5.75 Å². The maximum atomic E-state index is 11.9. The summed E-state index contributed by atoms with van der Waals surface area (Å²) in [6.45, 7) is -0.0838. The van der Waals surface area contributed by atoms with E-state index in [1.807, 2.05) is 30.3 Å². The van der Waals surface area contributed by atoms with Crippen LogP contribution >= 0.6 is 0 Å². The van der Waals surface area contributed by atoms with Crippen molar-refractivity contribution in [2.45, 2.75) is 25.0 Å². The van der Waals surface area contributed by atoms with Crippen LogP contribution in [0, 0.1) is 0 Å². The molecule has 0 fully saturated rings. The van der Waals surface area contributed by atoms with Crippen LogP contribution in [0.25, 0.3) is 0 Å². The molecule has 0 saturated heterocycles. The molecule has 0 bridgehead atoms. The molecule has 2 rings (SSSR count). The molecule has 1 unspecified atom stereocenters. The van der Waals surface area contributed by atoms with Crippen LogP contribution in [0.3, 0.4) is 0 Å². The number of esters is 1. The van der Waals surface area contributed by atoms with Crippen LogP contribution in [0.4, 0.5) is 0 Å². The average molecular weight is 391 g/mol. The number of carbonyl (C=O) groups excluding carboxylic acids is 1. The van der Waals surface area contributed by atoms with Gasteiger partial charge in [-0.15, -0.1) is 0 Å². The normalized spacial score (nSPS) is 12.6. The van der Waals surface area contributed by atoms with E-state index in [9.17, 15) is 15.0 Å². The molecular formula is C20H26O6Si. The highest BCUT2D eigenvalue weighted by molar-refractivity contribution is 6.81. The van der Waals surface area contributed by atoms with Crippen LogP contribution in [0.15, 0.2) is 54.6 Å². The second-order valence-electron chi connectivity index (χ2n) is 6.22. The summed E-state index contributed by atoms with van der Waals surface area (Å²) in [6, 6.07) is 16.3. The van der Waals surface area contributed by atoms with Crippen molar-refractivity contribution in [3.8, 4) is 5.75 Å². The van der Waals surface area contributed by atoms with Crippen LogP contribution in [-0.2, 0) is 13.6 Å². The number of carbonyl (C=O) groups is 1. The largest absolute Gasteiger partial charge is 0.508 e. The molecule has 0 heterocycles. The van der Waals surface area contributed by atoms with E-state index in [4.69, 9.17) is 13.6 Å². The number of aliphatic hydroxyl groups excluding tert-OH is 1. The zero-order valence-corrected chi connectivity index (χ0v) is 16.6. The average Bonchev–Trinajstić information content (AvgIpc) is 2.71. The number of aliphatic hydroxyl groups is 1. The van der Waals surface area contributed by atoms with Crippen LogP contribution in [0.2, 0.25) is 6.04 Å². The lowest BCUT2D eigenvalue weighted by atomic mass is 10.2. The summed E-state index contributed by atoms with van der Waals surface area (Å²) in [4.78, 5) is 11.9. The van der Waals surface area contributed by atoms with Crippen molar-refractivity contribution in [2.75, 3.05) is 20.8 Å². The molecule has 0 aromatic heterocycles. The third-order valence-corrected chi connectivity index (χ3v) is 7.97. The molecule has 2 aromatic carbocycles. The van der Waals surface area contributed by atoms with Gasteiger partial charge in [0.25, 0.3) is 0 Å². The van der Waals surface area contributed by atoms with Gasteiger partial charge >= 0.3 is 14.5 Å². The fourth-order valence-electron chi connectivity index (χ4n) is 2.87. The molecule has 27 heavy (non-hydrogen) atoms. The fraction of sp³-hybridized carbons (Fsp3) is 0.350. The maximum absolute atomic E-state index is 11.9. The van der Waals surface area contributed by atoms with Crippen LogP contribution in [-0.4, -0.2) is 51.7 Å². The Balaban J connectivity index is 1.81. The smallest absolute Gasteiger partial charge is 0.371 e. The maximum Gasteiger partial charge on any atom is 0.371 e. The highest BCUT2D eigenvalue weighted by atomic mass is 28.4. The summed E-state index contributed by atoms with van der Waals surface area (Å²) in [5.74, 6) is -0.454. The van der Waals surface area contributed by atoms with Crippen molar-refractivity contribution >= 4 is 19.7 Å². The van der Waals surface area contributed by atoms with Gasteiger partial charge in [-0.1, -0.05) is 30.3 Å². The molecule has 0 aliphatic carbocycles. The molecule has 0 aliphatic rings. The second kappa shape index (κ2) is 10.2. The molecule has 2 N–H and O–H groups in total. The highest BCUT2D eigenvalue weighted by Gasteiger charge is 2.37. The molecule has 146 valence electrons. The van der Waals surface area contributed by atoms with Gasteiger partial charge in [-0.25, -0.2) is 4.79 Å². The molecule has 0 saturated carbocycles. The van der Waals surface area contributed by atoms with E-state index in [0.717, 1.165) is 5.19 Å². The minimum Gasteiger partial charge on any atom is -0.508 e. The first-order valence-electron chi connectivity index (χ1n) is 8.81. The first kappa shape index (κ1) is 21.1. The van der Waals surface area contributed by atoms with Crippen LogP contribution < -0.4 is 5.19 Å². The zero-order chi connectivity index (χ0) is 19.7. The monoisotopic (exact) mass is 390 g/mol. The van der Waals surface area contributed by atoms with Crippen molar-refractivity contribution in [3.63, 3.8) is 0 Å². The van der Waals surface area contributed by atoms with Gasteiger partial charge in [0, 0.05) is 14.2 Å². The van der Waals surface area contributed by atoms with E-state index >= 15 is 0 Å². The number of phenols is 1. The fourth-order valence-corrected chi connectivity index (χ4v) is 5.57. The summed E-state index contributed by atoms with van der Waals surface area (Å²) in [5, 5.41) is 20.4. The number of aromatic hydroxyl groups is 1. The number of hydrogen-bond donors (Lipinski definition) is 2. The third-order valence-electron chi connectivity index (χ3n) is 4.43. The van der Waals surface area contributed by atoms with E-state index in [1.54, 1.807) is 14.2 Å². The number of hydrogen-bond acceptors (Lipinski definition) is 6. The van der Waals surface area contributed by atoms with Gasteiger partial charge in [0.2, 0.25) is 0 Å². The summed E-state index contributed by atoms with van der Waals surface area (Å²) < 4.78 is 16.6. The second-order valence-corrected chi connectivity index (χ2v) is 9.62. The topological polar surface area (TPSA) is 85.2 Å². The van der Waals surface area contributed by atoms with Crippen molar-refractivity contribution in [3.05, 3.63) is 60.2 Å². The standard InChI is InChI=1S/C20H26O6Si/c1-24-27(25-2,19-8-4-3-5-9-19)14-6-7-18(22)15-26-20(23)16-10-12-17(21)13-11-16/h3-5,8-13,18,21-22H,6-7,14-15H2,1-2H3. The van der Waals surface area contributed by atoms with Crippen molar-refractivity contribution in [1.82, 2.24) is 0 Å². The van der Waals surface area contributed by atoms with E-state index in [2.05, 4.69) is 0 Å². The van der Waals surface area contributed by atoms with Crippen molar-refractivity contribution < 1.29 is 28.6 Å². The Hall–Kier alpha value is -2.19. The van der Waals surface area contributed by atoms with Gasteiger partial charge in [0.15, 0.2) is 0 Å². The molecule has 0 radical (unpaired) electrons. The summed E-state index contributed by atoms with van der Waals surface area (Å²) in [6.07, 6.45) is 0.389. The van der Waals surface area contributed by atoms with Gasteiger partial charge < -0.3 is 23.8 Å². The Bertz CT molecular complexity index is 700. The highest BCUT2D eigenvalue weighted by Crippen LogP contribution is 2.17. The number of benzene rings is 2. The minimum atomic E-state index is -2.53. The Morgan fingerprint density at radius 2 is 1.67 bits per heavy atom. The summed E-state index contributed by atoms with van der Waals surface area (Å²) in [5.41, 5.74) is 0.328. The first-order chi connectivity index (χ1) is 13.0.